The summed E-state index contributed by atoms with van der Waals surface area (Å²) >= 11 is 1.36. The SMILES string of the molecule is CC1C=CSC1C(=O)C(N)=O. The van der Waals surface area contributed by atoms with Gasteiger partial charge in [-0.2, -0.15) is 0 Å². The quantitative estimate of drug-likeness (QED) is 0.608. The summed E-state index contributed by atoms with van der Waals surface area (Å²) in [6.07, 6.45) is 1.90. The van der Waals surface area contributed by atoms with E-state index in [0.717, 1.165) is 0 Å². The third kappa shape index (κ3) is 1.63. The van der Waals surface area contributed by atoms with Crippen molar-refractivity contribution in [2.75, 3.05) is 0 Å². The van der Waals surface area contributed by atoms with E-state index < -0.39 is 11.7 Å². The van der Waals surface area contributed by atoms with Crippen LogP contribution < -0.4 is 5.73 Å². The topological polar surface area (TPSA) is 60.2 Å². The van der Waals surface area contributed by atoms with Gasteiger partial charge >= 0.3 is 0 Å². The molecule has 1 heterocycles. The average Bonchev–Trinajstić information content (AvgIpc) is 2.33. The summed E-state index contributed by atoms with van der Waals surface area (Å²) < 4.78 is 0. The summed E-state index contributed by atoms with van der Waals surface area (Å²) in [7, 11) is 0. The molecule has 0 aromatic rings. The molecule has 1 aliphatic heterocycles. The van der Waals surface area contributed by atoms with Crippen molar-refractivity contribution in [1.82, 2.24) is 0 Å². The number of thioether (sulfide) groups is 1. The first-order valence-corrected chi connectivity index (χ1v) is 4.23. The van der Waals surface area contributed by atoms with Crippen LogP contribution in [0.4, 0.5) is 0 Å². The Morgan fingerprint density at radius 1 is 1.55 bits per heavy atom. The Labute approximate surface area is 69.0 Å². The third-order valence-corrected chi connectivity index (χ3v) is 2.84. The Kier molecular flexibility index (Phi) is 2.34. The van der Waals surface area contributed by atoms with Crippen LogP contribution in [0, 0.1) is 5.92 Å². The fourth-order valence-electron chi connectivity index (χ4n) is 0.920. The Morgan fingerprint density at radius 3 is 2.55 bits per heavy atom. The molecule has 1 aliphatic rings. The minimum Gasteiger partial charge on any atom is -0.363 e. The smallest absolute Gasteiger partial charge is 0.286 e. The van der Waals surface area contributed by atoms with Gasteiger partial charge in [0.05, 0.1) is 5.25 Å². The zero-order valence-electron chi connectivity index (χ0n) is 6.11. The van der Waals surface area contributed by atoms with Crippen LogP contribution in [-0.2, 0) is 9.59 Å². The van der Waals surface area contributed by atoms with E-state index in [1.165, 1.54) is 11.8 Å². The Morgan fingerprint density at radius 2 is 2.18 bits per heavy atom. The maximum atomic E-state index is 11.0. The first-order valence-electron chi connectivity index (χ1n) is 3.28. The van der Waals surface area contributed by atoms with Crippen molar-refractivity contribution in [2.45, 2.75) is 12.2 Å². The highest BCUT2D eigenvalue weighted by Gasteiger charge is 2.29. The summed E-state index contributed by atoms with van der Waals surface area (Å²) in [5.74, 6) is -1.19. The van der Waals surface area contributed by atoms with Crippen LogP contribution in [0.1, 0.15) is 6.92 Å². The molecule has 2 atom stereocenters. The number of allylic oxidation sites excluding steroid dienone is 1. The van der Waals surface area contributed by atoms with E-state index in [2.05, 4.69) is 0 Å². The van der Waals surface area contributed by atoms with Gasteiger partial charge in [0, 0.05) is 0 Å². The van der Waals surface area contributed by atoms with Gasteiger partial charge in [-0.15, -0.1) is 11.8 Å². The highest BCUT2D eigenvalue weighted by molar-refractivity contribution is 8.03. The highest BCUT2D eigenvalue weighted by atomic mass is 32.2. The number of hydrogen-bond donors (Lipinski definition) is 1. The molecule has 60 valence electrons. The summed E-state index contributed by atoms with van der Waals surface area (Å²) in [5.41, 5.74) is 4.85. The Bertz CT molecular complexity index is 224. The molecule has 0 spiro atoms. The number of carbonyl (C=O) groups is 2. The van der Waals surface area contributed by atoms with Gasteiger partial charge < -0.3 is 5.73 Å². The molecule has 0 radical (unpaired) electrons. The number of hydrogen-bond acceptors (Lipinski definition) is 3. The predicted molar refractivity (Wildman–Crippen MR) is 43.9 cm³/mol. The van der Waals surface area contributed by atoms with Crippen molar-refractivity contribution in [3.8, 4) is 0 Å². The normalized spacial score (nSPS) is 28.8. The molecule has 1 rings (SSSR count). The lowest BCUT2D eigenvalue weighted by Crippen LogP contribution is -2.33. The van der Waals surface area contributed by atoms with Gasteiger partial charge in [-0.05, 0) is 11.3 Å². The van der Waals surface area contributed by atoms with Crippen LogP contribution in [0.15, 0.2) is 11.5 Å². The van der Waals surface area contributed by atoms with E-state index in [4.69, 9.17) is 5.73 Å². The number of rotatable bonds is 2. The van der Waals surface area contributed by atoms with Crippen LogP contribution in [-0.4, -0.2) is 16.9 Å². The van der Waals surface area contributed by atoms with Crippen LogP contribution in [0.2, 0.25) is 0 Å². The predicted octanol–water partition coefficient (Wildman–Crippen LogP) is 0.306. The fraction of sp³-hybridized carbons (Fsp3) is 0.429. The molecule has 0 bridgehead atoms. The maximum absolute atomic E-state index is 11.0. The van der Waals surface area contributed by atoms with Gasteiger partial charge in [-0.25, -0.2) is 0 Å². The van der Waals surface area contributed by atoms with Crippen LogP contribution in [0.25, 0.3) is 0 Å². The molecule has 0 aliphatic carbocycles. The molecule has 0 fully saturated rings. The van der Waals surface area contributed by atoms with Crippen LogP contribution >= 0.6 is 11.8 Å². The highest BCUT2D eigenvalue weighted by Crippen LogP contribution is 2.29. The van der Waals surface area contributed by atoms with Crippen molar-refractivity contribution < 1.29 is 9.59 Å². The van der Waals surface area contributed by atoms with Gasteiger partial charge in [0.15, 0.2) is 0 Å². The van der Waals surface area contributed by atoms with Crippen LogP contribution in [0.5, 0.6) is 0 Å². The standard InChI is InChI=1S/C7H9NO2S/c1-4-2-3-11-6(4)5(9)7(8)10/h2-4,6H,1H3,(H2,8,10). The van der Waals surface area contributed by atoms with Crippen molar-refractivity contribution in [3.05, 3.63) is 11.5 Å². The van der Waals surface area contributed by atoms with Gasteiger partial charge in [0.25, 0.3) is 5.91 Å². The van der Waals surface area contributed by atoms with Crippen molar-refractivity contribution in [3.63, 3.8) is 0 Å². The van der Waals surface area contributed by atoms with Crippen molar-refractivity contribution >= 4 is 23.5 Å². The first kappa shape index (κ1) is 8.33. The monoisotopic (exact) mass is 171 g/mol. The van der Waals surface area contributed by atoms with Gasteiger partial charge in [-0.1, -0.05) is 13.0 Å². The molecule has 0 saturated heterocycles. The van der Waals surface area contributed by atoms with E-state index in [1.54, 1.807) is 0 Å². The average molecular weight is 171 g/mol. The molecule has 2 N–H and O–H groups in total. The lowest BCUT2D eigenvalue weighted by molar-refractivity contribution is -0.135. The molecule has 1 amide bonds. The second-order valence-electron chi connectivity index (χ2n) is 2.47. The number of nitrogens with two attached hydrogens (primary N) is 1. The van der Waals surface area contributed by atoms with E-state index in [9.17, 15) is 9.59 Å². The largest absolute Gasteiger partial charge is 0.363 e. The lowest BCUT2D eigenvalue weighted by atomic mass is 10.0. The number of ketones is 1. The zero-order chi connectivity index (χ0) is 8.43. The van der Waals surface area contributed by atoms with E-state index in [-0.39, 0.29) is 11.2 Å². The maximum Gasteiger partial charge on any atom is 0.286 e. The molecule has 2 unspecified atom stereocenters. The number of carbonyl (C=O) groups excluding carboxylic acids is 2. The lowest BCUT2D eigenvalue weighted by Gasteiger charge is -2.09. The fourth-order valence-corrected chi connectivity index (χ4v) is 2.01. The number of amides is 1. The van der Waals surface area contributed by atoms with E-state index in [0.29, 0.717) is 0 Å². The Hall–Kier alpha value is -0.770. The first-order chi connectivity index (χ1) is 5.13. The molecule has 0 aromatic carbocycles. The van der Waals surface area contributed by atoms with Crippen molar-refractivity contribution in [2.24, 2.45) is 11.7 Å². The number of Topliss-reactive ketones (excluding diaryl/α,β-unsaturated/α-hetero) is 1. The minimum absolute atomic E-state index is 0.125. The van der Waals surface area contributed by atoms with Gasteiger partial charge in [-0.3, -0.25) is 9.59 Å². The molecule has 3 nitrogen and oxygen atoms in total. The van der Waals surface area contributed by atoms with Gasteiger partial charge in [0.2, 0.25) is 5.78 Å². The molecule has 4 heteroatoms. The third-order valence-electron chi connectivity index (χ3n) is 1.59. The molecule has 0 saturated carbocycles. The van der Waals surface area contributed by atoms with Crippen molar-refractivity contribution in [1.29, 1.82) is 0 Å². The second kappa shape index (κ2) is 3.09. The van der Waals surface area contributed by atoms with E-state index >= 15 is 0 Å². The second-order valence-corrected chi connectivity index (χ2v) is 3.53. The number of primary amides is 1. The summed E-state index contributed by atoms with van der Waals surface area (Å²) in [4.78, 5) is 21.5. The van der Waals surface area contributed by atoms with Gasteiger partial charge in [0.1, 0.15) is 0 Å². The minimum atomic E-state index is -0.835. The van der Waals surface area contributed by atoms with E-state index in [1.807, 2.05) is 18.4 Å². The van der Waals surface area contributed by atoms with Crippen LogP contribution in [0.3, 0.4) is 0 Å². The zero-order valence-corrected chi connectivity index (χ0v) is 6.93. The summed E-state index contributed by atoms with van der Waals surface area (Å²) in [6.45, 7) is 1.89. The Balaban J connectivity index is 2.63. The summed E-state index contributed by atoms with van der Waals surface area (Å²) in [5, 5.41) is 1.54. The molecule has 11 heavy (non-hydrogen) atoms. The molecule has 0 aromatic heterocycles. The summed E-state index contributed by atoms with van der Waals surface area (Å²) in [6, 6.07) is 0. The molecular formula is C7H9NO2S. The molecular weight excluding hydrogens is 162 g/mol.